The van der Waals surface area contributed by atoms with Gasteiger partial charge in [-0.05, 0) is 18.6 Å². The molecular weight excluding hydrogens is 233 g/mol. The molecule has 0 aliphatic rings. The van der Waals surface area contributed by atoms with Crippen molar-refractivity contribution in [2.45, 2.75) is 26.2 Å². The molecule has 0 saturated heterocycles. The Morgan fingerprint density at radius 2 is 2.19 bits per heavy atom. The highest BCUT2D eigenvalue weighted by atomic mass is 35.5. The monoisotopic (exact) mass is 247 g/mol. The number of pyridine rings is 1. The number of hydrogen-bond donors (Lipinski definition) is 1. The number of hydrogen-bond acceptors (Lipinski definition) is 2. The van der Waals surface area contributed by atoms with E-state index >= 15 is 0 Å². The molecule has 3 nitrogen and oxygen atoms in total. The molecule has 1 aromatic heterocycles. The van der Waals surface area contributed by atoms with Gasteiger partial charge >= 0.3 is 5.97 Å². The summed E-state index contributed by atoms with van der Waals surface area (Å²) in [5, 5.41) is 8.31. The minimum atomic E-state index is -1.10. The molecule has 0 aliphatic heterocycles. The van der Waals surface area contributed by atoms with E-state index in [-0.39, 0.29) is 5.56 Å². The zero-order valence-electron chi connectivity index (χ0n) is 9.12. The van der Waals surface area contributed by atoms with Crippen molar-refractivity contribution in [3.63, 3.8) is 0 Å². The van der Waals surface area contributed by atoms with Gasteiger partial charge in [0.15, 0.2) is 0 Å². The number of unbranched alkanes of at least 4 members (excludes halogenated alkanes) is 2. The Morgan fingerprint density at radius 1 is 1.50 bits per heavy atom. The van der Waals surface area contributed by atoms with Crippen molar-refractivity contribution in [2.24, 2.45) is 0 Å². The van der Waals surface area contributed by atoms with Crippen molar-refractivity contribution >= 4 is 17.6 Å². The van der Waals surface area contributed by atoms with E-state index in [2.05, 4.69) is 11.9 Å². The van der Waals surface area contributed by atoms with Gasteiger partial charge in [0.05, 0.1) is 5.56 Å². The van der Waals surface area contributed by atoms with Crippen LogP contribution < -0.4 is 0 Å². The van der Waals surface area contributed by atoms with Crippen LogP contribution in [0.5, 0.6) is 0 Å². The lowest BCUT2D eigenvalue weighted by Crippen LogP contribution is -1.96. The highest BCUT2D eigenvalue weighted by Crippen LogP contribution is 1.97. The Labute approximate surface area is 99.3 Å². The number of aromatic carboxylic acids is 1. The minimum Gasteiger partial charge on any atom is -0.478 e. The number of rotatable bonds is 4. The second-order valence-electron chi connectivity index (χ2n) is 3.07. The molecule has 0 bridgehead atoms. The summed E-state index contributed by atoms with van der Waals surface area (Å²) in [7, 11) is 0. The van der Waals surface area contributed by atoms with Crippen LogP contribution in [0.1, 0.15) is 36.5 Å². The number of carboxylic acid groups (broad SMARTS) is 1. The summed E-state index contributed by atoms with van der Waals surface area (Å²) in [6.45, 7) is 2.17. The van der Waals surface area contributed by atoms with Gasteiger partial charge in [-0.1, -0.05) is 19.8 Å². The molecular formula is C11H15ClFNO2. The van der Waals surface area contributed by atoms with Crippen molar-refractivity contribution in [3.05, 3.63) is 29.8 Å². The van der Waals surface area contributed by atoms with E-state index in [9.17, 15) is 9.18 Å². The van der Waals surface area contributed by atoms with E-state index in [1.165, 1.54) is 19.3 Å². The van der Waals surface area contributed by atoms with Crippen LogP contribution in [0.4, 0.5) is 4.39 Å². The Balaban J connectivity index is 0.000000325. The summed E-state index contributed by atoms with van der Waals surface area (Å²) in [5.74, 6) is -0.953. The summed E-state index contributed by atoms with van der Waals surface area (Å²) in [6.07, 6.45) is 4.70. The third kappa shape index (κ3) is 7.17. The lowest BCUT2D eigenvalue weighted by Gasteiger charge is -1.89. The van der Waals surface area contributed by atoms with Gasteiger partial charge in [0.25, 0.3) is 0 Å². The van der Waals surface area contributed by atoms with E-state index in [4.69, 9.17) is 16.7 Å². The number of carboxylic acids is 1. The average Bonchev–Trinajstić information content (AvgIpc) is 2.28. The molecule has 1 heterocycles. The van der Waals surface area contributed by atoms with Crippen molar-refractivity contribution in [2.75, 3.05) is 5.88 Å². The first kappa shape index (κ1) is 14.8. The standard InChI is InChI=1S/C6H4FNO2.C5H11Cl/c7-5-2-1-4(3-8-5)6(9)10;1-2-3-4-5-6/h1-3H,(H,9,10);2-5H2,1H3. The van der Waals surface area contributed by atoms with E-state index in [1.54, 1.807) is 0 Å². The van der Waals surface area contributed by atoms with Gasteiger partial charge in [-0.2, -0.15) is 4.39 Å². The smallest absolute Gasteiger partial charge is 0.337 e. The van der Waals surface area contributed by atoms with Crippen LogP contribution in [0, 0.1) is 5.95 Å². The third-order valence-corrected chi connectivity index (χ3v) is 1.98. The molecule has 0 atom stereocenters. The lowest BCUT2D eigenvalue weighted by molar-refractivity contribution is 0.0696. The molecule has 90 valence electrons. The van der Waals surface area contributed by atoms with Gasteiger partial charge in [-0.3, -0.25) is 0 Å². The second kappa shape index (κ2) is 9.09. The number of nitrogens with zero attached hydrogens (tertiary/aromatic N) is 1. The average molecular weight is 248 g/mol. The van der Waals surface area contributed by atoms with Gasteiger partial charge in [0, 0.05) is 12.1 Å². The zero-order valence-corrected chi connectivity index (χ0v) is 9.88. The zero-order chi connectivity index (χ0) is 12.4. The molecule has 5 heteroatoms. The Kier molecular flexibility index (Phi) is 8.43. The Bertz CT molecular complexity index is 299. The van der Waals surface area contributed by atoms with Crippen molar-refractivity contribution < 1.29 is 14.3 Å². The van der Waals surface area contributed by atoms with Crippen LogP contribution in [-0.2, 0) is 0 Å². The maximum atomic E-state index is 12.0. The van der Waals surface area contributed by atoms with Crippen LogP contribution in [0.15, 0.2) is 18.3 Å². The van der Waals surface area contributed by atoms with Crippen LogP contribution in [0.25, 0.3) is 0 Å². The van der Waals surface area contributed by atoms with Gasteiger partial charge in [0.2, 0.25) is 5.95 Å². The molecule has 0 saturated carbocycles. The van der Waals surface area contributed by atoms with E-state index in [0.717, 1.165) is 24.2 Å². The molecule has 16 heavy (non-hydrogen) atoms. The normalized spacial score (nSPS) is 9.19. The van der Waals surface area contributed by atoms with E-state index < -0.39 is 11.9 Å². The van der Waals surface area contributed by atoms with Crippen molar-refractivity contribution in [1.82, 2.24) is 4.98 Å². The van der Waals surface area contributed by atoms with Gasteiger partial charge in [0.1, 0.15) is 0 Å². The van der Waals surface area contributed by atoms with Crippen molar-refractivity contribution in [3.8, 4) is 0 Å². The minimum absolute atomic E-state index is 0.0126. The molecule has 1 N–H and O–H groups in total. The molecule has 0 unspecified atom stereocenters. The van der Waals surface area contributed by atoms with Gasteiger partial charge in [-0.15, -0.1) is 11.6 Å². The van der Waals surface area contributed by atoms with E-state index in [0.29, 0.717) is 0 Å². The summed E-state index contributed by atoms with van der Waals surface area (Å²) in [5.41, 5.74) is -0.0126. The largest absolute Gasteiger partial charge is 0.478 e. The summed E-state index contributed by atoms with van der Waals surface area (Å²) < 4.78 is 12.0. The fourth-order valence-corrected chi connectivity index (χ4v) is 1.04. The fourth-order valence-electron chi connectivity index (χ4n) is 0.847. The number of carbonyl (C=O) groups is 1. The summed E-state index contributed by atoms with van der Waals surface area (Å²) in [4.78, 5) is 13.3. The first-order chi connectivity index (χ1) is 7.61. The van der Waals surface area contributed by atoms with Gasteiger partial charge < -0.3 is 5.11 Å². The molecule has 0 spiro atoms. The number of aromatic nitrogens is 1. The number of halogens is 2. The first-order valence-electron chi connectivity index (χ1n) is 5.02. The molecule has 1 aromatic rings. The van der Waals surface area contributed by atoms with E-state index in [1.807, 2.05) is 0 Å². The molecule has 0 aliphatic carbocycles. The highest BCUT2D eigenvalue weighted by Gasteiger charge is 2.00. The molecule has 0 fully saturated rings. The molecule has 0 aromatic carbocycles. The maximum absolute atomic E-state index is 12.0. The maximum Gasteiger partial charge on any atom is 0.337 e. The molecule has 0 amide bonds. The predicted octanol–water partition coefficient (Wildman–Crippen LogP) is 3.33. The van der Waals surface area contributed by atoms with Crippen LogP contribution >= 0.6 is 11.6 Å². The predicted molar refractivity (Wildman–Crippen MR) is 61.4 cm³/mol. The molecule has 0 radical (unpaired) electrons. The SMILES string of the molecule is CCCCCCl.O=C(O)c1ccc(F)nc1. The summed E-state index contributed by atoms with van der Waals surface area (Å²) in [6, 6.07) is 2.16. The first-order valence-corrected chi connectivity index (χ1v) is 5.56. The molecule has 1 rings (SSSR count). The Hall–Kier alpha value is -1.16. The van der Waals surface area contributed by atoms with Crippen molar-refractivity contribution in [1.29, 1.82) is 0 Å². The fraction of sp³-hybridized carbons (Fsp3) is 0.455. The lowest BCUT2D eigenvalue weighted by atomic mass is 10.3. The van der Waals surface area contributed by atoms with Crippen LogP contribution in [-0.4, -0.2) is 21.9 Å². The second-order valence-corrected chi connectivity index (χ2v) is 3.45. The number of alkyl halides is 1. The highest BCUT2D eigenvalue weighted by molar-refractivity contribution is 6.17. The topological polar surface area (TPSA) is 50.2 Å². The quantitative estimate of drug-likeness (QED) is 0.504. The van der Waals surface area contributed by atoms with Crippen LogP contribution in [0.3, 0.4) is 0 Å². The van der Waals surface area contributed by atoms with Gasteiger partial charge in [-0.25, -0.2) is 9.78 Å². The summed E-state index contributed by atoms with van der Waals surface area (Å²) >= 11 is 5.38. The Morgan fingerprint density at radius 3 is 2.50 bits per heavy atom. The van der Waals surface area contributed by atoms with Crippen LogP contribution in [0.2, 0.25) is 0 Å². The third-order valence-electron chi connectivity index (χ3n) is 1.71.